The number of nitrogens with zero attached hydrogens (tertiary/aromatic N) is 2. The van der Waals surface area contributed by atoms with E-state index in [-0.39, 0.29) is 23.4 Å². The maximum Gasteiger partial charge on any atom is 0.277 e. The Hall–Kier alpha value is -2.53. The van der Waals surface area contributed by atoms with E-state index in [0.29, 0.717) is 34.6 Å². The van der Waals surface area contributed by atoms with Crippen molar-refractivity contribution in [3.63, 3.8) is 0 Å². The monoisotopic (exact) mass is 464 g/mol. The number of methoxy groups -OCH3 is 1. The van der Waals surface area contributed by atoms with Crippen LogP contribution in [0.5, 0.6) is 0 Å². The van der Waals surface area contributed by atoms with Gasteiger partial charge in [-0.15, -0.1) is 11.3 Å². The number of hydrogen-bond acceptors (Lipinski definition) is 8. The predicted molar refractivity (Wildman–Crippen MR) is 118 cm³/mol. The number of aldehydes is 1. The van der Waals surface area contributed by atoms with Crippen LogP contribution in [-0.4, -0.2) is 46.9 Å². The Morgan fingerprint density at radius 2 is 1.87 bits per heavy atom. The fraction of sp³-hybridized carbons (Fsp3) is 0.333. The summed E-state index contributed by atoms with van der Waals surface area (Å²) in [4.78, 5) is 11.8. The highest BCUT2D eigenvalue weighted by atomic mass is 32.2. The van der Waals surface area contributed by atoms with E-state index < -0.39 is 10.0 Å². The first-order valence-electron chi connectivity index (χ1n) is 9.48. The van der Waals surface area contributed by atoms with Crippen molar-refractivity contribution in [1.82, 2.24) is 5.16 Å². The molecule has 0 unspecified atom stereocenters. The van der Waals surface area contributed by atoms with Crippen LogP contribution in [0.1, 0.15) is 26.6 Å². The lowest BCUT2D eigenvalue weighted by Crippen LogP contribution is -2.34. The highest BCUT2D eigenvalue weighted by molar-refractivity contribution is 7.95. The van der Waals surface area contributed by atoms with Crippen molar-refractivity contribution in [1.29, 1.82) is 0 Å². The zero-order chi connectivity index (χ0) is 22.6. The standard InChI is InChI=1S/C21H24N2O6S2/c1-14-11-19(18-7-5-17(12-24)6-8-18)21(30-14)31(25,26)23(13-28-10-9-27-4)20-15(2)16(3)29-22-20/h5-8,11-12H,9-10,13H2,1-4H3. The fourth-order valence-corrected chi connectivity index (χ4v) is 6.01. The summed E-state index contributed by atoms with van der Waals surface area (Å²) in [6.07, 6.45) is 0.745. The number of rotatable bonds is 10. The lowest BCUT2D eigenvalue weighted by atomic mass is 10.1. The van der Waals surface area contributed by atoms with E-state index in [4.69, 9.17) is 14.0 Å². The first-order valence-corrected chi connectivity index (χ1v) is 11.7. The molecule has 3 aromatic rings. The highest BCUT2D eigenvalue weighted by Gasteiger charge is 2.33. The van der Waals surface area contributed by atoms with Crippen molar-refractivity contribution in [3.8, 4) is 11.1 Å². The quantitative estimate of drug-likeness (QED) is 0.254. The zero-order valence-electron chi connectivity index (χ0n) is 17.7. The van der Waals surface area contributed by atoms with Crippen molar-refractivity contribution in [2.45, 2.75) is 25.0 Å². The minimum atomic E-state index is -4.03. The Bertz CT molecular complexity index is 1150. The van der Waals surface area contributed by atoms with Gasteiger partial charge in [-0.1, -0.05) is 29.4 Å². The number of sulfonamides is 1. The van der Waals surface area contributed by atoms with Gasteiger partial charge in [0, 0.05) is 28.7 Å². The summed E-state index contributed by atoms with van der Waals surface area (Å²) >= 11 is 1.17. The van der Waals surface area contributed by atoms with Gasteiger partial charge in [0.15, 0.2) is 5.82 Å². The summed E-state index contributed by atoms with van der Waals surface area (Å²) in [5.74, 6) is 0.711. The summed E-state index contributed by atoms with van der Waals surface area (Å²) in [7, 11) is -2.49. The minimum absolute atomic E-state index is 0.166. The van der Waals surface area contributed by atoms with E-state index in [1.54, 1.807) is 45.2 Å². The molecule has 2 aromatic heterocycles. The first-order chi connectivity index (χ1) is 14.8. The number of thiophene rings is 1. The molecule has 31 heavy (non-hydrogen) atoms. The van der Waals surface area contributed by atoms with Gasteiger partial charge in [0.2, 0.25) is 0 Å². The number of anilines is 1. The Labute approximate surface area is 185 Å². The predicted octanol–water partition coefficient (Wildman–Crippen LogP) is 3.96. The van der Waals surface area contributed by atoms with Gasteiger partial charge in [-0.3, -0.25) is 4.79 Å². The average Bonchev–Trinajstić information content (AvgIpc) is 3.31. The third-order valence-corrected chi connectivity index (χ3v) is 7.99. The second-order valence-electron chi connectivity index (χ2n) is 6.87. The molecule has 0 radical (unpaired) electrons. The number of aryl methyl sites for hydroxylation is 2. The maximum atomic E-state index is 13.8. The van der Waals surface area contributed by atoms with E-state index in [1.807, 2.05) is 13.0 Å². The molecule has 0 aliphatic heterocycles. The van der Waals surface area contributed by atoms with E-state index in [9.17, 15) is 13.2 Å². The summed E-state index contributed by atoms with van der Waals surface area (Å²) < 4.78 is 44.6. The molecule has 0 atom stereocenters. The summed E-state index contributed by atoms with van der Waals surface area (Å²) in [6.45, 7) is 5.63. The fourth-order valence-electron chi connectivity index (χ4n) is 2.90. The molecule has 10 heteroatoms. The molecule has 3 rings (SSSR count). The Balaban J connectivity index is 2.07. The average molecular weight is 465 g/mol. The number of carbonyl (C=O) groups excluding carboxylic acids is 1. The molecule has 0 bridgehead atoms. The van der Waals surface area contributed by atoms with Crippen LogP contribution >= 0.6 is 11.3 Å². The van der Waals surface area contributed by atoms with Crippen molar-refractivity contribution in [3.05, 3.63) is 52.1 Å². The van der Waals surface area contributed by atoms with Crippen LogP contribution in [0.15, 0.2) is 39.1 Å². The summed E-state index contributed by atoms with van der Waals surface area (Å²) in [5, 5.41) is 3.96. The molecule has 0 fully saturated rings. The molecule has 2 heterocycles. The molecule has 0 amide bonds. The number of hydrogen-bond donors (Lipinski definition) is 0. The topological polar surface area (TPSA) is 98.9 Å². The van der Waals surface area contributed by atoms with Gasteiger partial charge in [-0.2, -0.15) is 0 Å². The number of aromatic nitrogens is 1. The molecule has 0 aliphatic rings. The van der Waals surface area contributed by atoms with E-state index >= 15 is 0 Å². The SMILES string of the molecule is COCCOCN(c1noc(C)c1C)S(=O)(=O)c1sc(C)cc1-c1ccc(C=O)cc1. The molecular formula is C21H24N2O6S2. The highest BCUT2D eigenvalue weighted by Crippen LogP contribution is 2.38. The molecule has 0 spiro atoms. The van der Waals surface area contributed by atoms with E-state index in [0.717, 1.165) is 15.5 Å². The van der Waals surface area contributed by atoms with Crippen LogP contribution in [0.25, 0.3) is 11.1 Å². The lowest BCUT2D eigenvalue weighted by molar-refractivity contribution is 0.0753. The van der Waals surface area contributed by atoms with Crippen LogP contribution in [-0.2, 0) is 19.5 Å². The van der Waals surface area contributed by atoms with Crippen molar-refractivity contribution in [2.75, 3.05) is 31.4 Å². The van der Waals surface area contributed by atoms with Crippen LogP contribution in [0.2, 0.25) is 0 Å². The molecule has 0 N–H and O–H groups in total. The molecule has 8 nitrogen and oxygen atoms in total. The van der Waals surface area contributed by atoms with Crippen LogP contribution in [0.4, 0.5) is 5.82 Å². The Morgan fingerprint density at radius 1 is 1.16 bits per heavy atom. The third-order valence-electron chi connectivity index (χ3n) is 4.71. The molecule has 1 aromatic carbocycles. The van der Waals surface area contributed by atoms with Gasteiger partial charge in [0.05, 0.1) is 13.2 Å². The minimum Gasteiger partial charge on any atom is -0.382 e. The molecule has 0 saturated heterocycles. The van der Waals surface area contributed by atoms with E-state index in [1.165, 1.54) is 11.3 Å². The van der Waals surface area contributed by atoms with E-state index in [2.05, 4.69) is 5.16 Å². The number of benzene rings is 1. The molecule has 0 saturated carbocycles. The lowest BCUT2D eigenvalue weighted by Gasteiger charge is -2.22. The molecular weight excluding hydrogens is 440 g/mol. The number of carbonyl (C=O) groups is 1. The largest absolute Gasteiger partial charge is 0.382 e. The zero-order valence-corrected chi connectivity index (χ0v) is 19.4. The second kappa shape index (κ2) is 9.73. The Kier molecular flexibility index (Phi) is 7.26. The van der Waals surface area contributed by atoms with Gasteiger partial charge < -0.3 is 14.0 Å². The van der Waals surface area contributed by atoms with Crippen LogP contribution in [0, 0.1) is 20.8 Å². The van der Waals surface area contributed by atoms with Crippen molar-refractivity contribution >= 4 is 33.5 Å². The van der Waals surface area contributed by atoms with Gasteiger partial charge in [-0.25, -0.2) is 12.7 Å². The van der Waals surface area contributed by atoms with Gasteiger partial charge >= 0.3 is 0 Å². The van der Waals surface area contributed by atoms with Crippen molar-refractivity contribution in [2.24, 2.45) is 0 Å². The molecule has 166 valence electrons. The van der Waals surface area contributed by atoms with Gasteiger partial charge in [0.25, 0.3) is 10.0 Å². The Morgan fingerprint density at radius 3 is 2.45 bits per heavy atom. The maximum absolute atomic E-state index is 13.8. The molecule has 0 aliphatic carbocycles. The number of ether oxygens (including phenoxy) is 2. The van der Waals surface area contributed by atoms with Crippen LogP contribution < -0.4 is 4.31 Å². The normalized spacial score (nSPS) is 11.6. The van der Waals surface area contributed by atoms with Crippen LogP contribution in [0.3, 0.4) is 0 Å². The van der Waals surface area contributed by atoms with Gasteiger partial charge in [0.1, 0.15) is 23.0 Å². The first kappa shape index (κ1) is 23.1. The van der Waals surface area contributed by atoms with Crippen molar-refractivity contribution < 1.29 is 27.2 Å². The second-order valence-corrected chi connectivity index (χ2v) is 10.2. The third kappa shape index (κ3) is 4.87. The summed E-state index contributed by atoms with van der Waals surface area (Å²) in [5.41, 5.74) is 2.38. The summed E-state index contributed by atoms with van der Waals surface area (Å²) in [6, 6.07) is 8.59. The smallest absolute Gasteiger partial charge is 0.277 e. The van der Waals surface area contributed by atoms with Gasteiger partial charge in [-0.05, 0) is 32.4 Å².